The molecule has 0 saturated carbocycles. The van der Waals surface area contributed by atoms with Crippen LogP contribution in [0, 0.1) is 5.92 Å². The highest BCUT2D eigenvalue weighted by molar-refractivity contribution is 6.00. The first-order chi connectivity index (χ1) is 9.74. The molecule has 1 atom stereocenters. The van der Waals surface area contributed by atoms with Crippen molar-refractivity contribution in [3.63, 3.8) is 0 Å². The van der Waals surface area contributed by atoms with E-state index in [0.717, 1.165) is 18.9 Å². The monoisotopic (exact) mass is 264 g/mol. The number of amidine groups is 1. The molecule has 1 N–H and O–H groups in total. The molecule has 0 bridgehead atoms. The maximum absolute atomic E-state index is 4.50. The van der Waals surface area contributed by atoms with E-state index in [4.69, 9.17) is 0 Å². The number of rotatable bonds is 2. The van der Waals surface area contributed by atoms with Gasteiger partial charge in [-0.25, -0.2) is 0 Å². The van der Waals surface area contributed by atoms with Crippen molar-refractivity contribution in [2.45, 2.75) is 13.8 Å². The number of benzene rings is 1. The highest BCUT2D eigenvalue weighted by Gasteiger charge is 2.13. The lowest BCUT2D eigenvalue weighted by Crippen LogP contribution is -2.19. The van der Waals surface area contributed by atoms with E-state index in [2.05, 4.69) is 72.7 Å². The molecule has 0 fully saturated rings. The van der Waals surface area contributed by atoms with Crippen molar-refractivity contribution in [3.05, 3.63) is 65.3 Å². The lowest BCUT2D eigenvalue weighted by molar-refractivity contribution is 0.959. The van der Waals surface area contributed by atoms with Crippen LogP contribution in [-0.2, 0) is 0 Å². The molecule has 2 nitrogen and oxygen atoms in total. The van der Waals surface area contributed by atoms with E-state index in [-0.39, 0.29) is 0 Å². The Bertz CT molecular complexity index is 633. The number of nitrogens with zero attached hydrogens (tertiary/aromatic N) is 1. The summed E-state index contributed by atoms with van der Waals surface area (Å²) in [5.41, 5.74) is 5.12. The quantitative estimate of drug-likeness (QED) is 0.867. The molecule has 20 heavy (non-hydrogen) atoms. The van der Waals surface area contributed by atoms with E-state index >= 15 is 0 Å². The van der Waals surface area contributed by atoms with Crippen LogP contribution in [-0.4, -0.2) is 18.9 Å². The van der Waals surface area contributed by atoms with Crippen LogP contribution in [0.2, 0.25) is 0 Å². The summed E-state index contributed by atoms with van der Waals surface area (Å²) in [5.74, 6) is 1.45. The number of hydrogen-bond donors (Lipinski definition) is 1. The lowest BCUT2D eigenvalue weighted by atomic mass is 9.92. The molecule has 0 spiro atoms. The molecule has 2 heteroatoms. The Morgan fingerprint density at radius 1 is 1.20 bits per heavy atom. The molecule has 1 unspecified atom stereocenters. The van der Waals surface area contributed by atoms with Gasteiger partial charge in [0.2, 0.25) is 0 Å². The second-order valence-corrected chi connectivity index (χ2v) is 5.42. The second-order valence-electron chi connectivity index (χ2n) is 5.42. The summed E-state index contributed by atoms with van der Waals surface area (Å²) < 4.78 is 0. The molecule has 102 valence electrons. The van der Waals surface area contributed by atoms with Crippen LogP contribution in [0.4, 0.5) is 0 Å². The first kappa shape index (κ1) is 12.9. The maximum Gasteiger partial charge on any atom is 0.128 e. The zero-order valence-electron chi connectivity index (χ0n) is 12.1. The SMILES string of the molecule is CC1=CC=C(c2cccc(C3=NCCN3)c2)C(C)C=C1. The summed E-state index contributed by atoms with van der Waals surface area (Å²) in [4.78, 5) is 4.50. The highest BCUT2D eigenvalue weighted by Crippen LogP contribution is 2.28. The van der Waals surface area contributed by atoms with Crippen LogP contribution in [0.15, 0.2) is 59.1 Å². The topological polar surface area (TPSA) is 24.4 Å². The number of aliphatic imine (C=N–C) groups is 1. The Hall–Kier alpha value is -2.09. The van der Waals surface area contributed by atoms with Gasteiger partial charge in [-0.3, -0.25) is 4.99 Å². The molecule has 1 aliphatic heterocycles. The van der Waals surface area contributed by atoms with Gasteiger partial charge in [0.1, 0.15) is 5.84 Å². The van der Waals surface area contributed by atoms with E-state index in [0.29, 0.717) is 5.92 Å². The van der Waals surface area contributed by atoms with Crippen molar-refractivity contribution in [1.29, 1.82) is 0 Å². The Balaban J connectivity index is 1.98. The molecule has 1 aliphatic carbocycles. The maximum atomic E-state index is 4.50. The van der Waals surface area contributed by atoms with Gasteiger partial charge in [0.25, 0.3) is 0 Å². The number of nitrogens with one attached hydrogen (secondary N) is 1. The third-order valence-electron chi connectivity index (χ3n) is 3.81. The summed E-state index contributed by atoms with van der Waals surface area (Å²) in [7, 11) is 0. The zero-order valence-corrected chi connectivity index (χ0v) is 12.1. The Kier molecular flexibility index (Phi) is 3.55. The van der Waals surface area contributed by atoms with E-state index < -0.39 is 0 Å². The zero-order chi connectivity index (χ0) is 13.9. The van der Waals surface area contributed by atoms with Crippen molar-refractivity contribution in [2.24, 2.45) is 10.9 Å². The van der Waals surface area contributed by atoms with Gasteiger partial charge in [-0.05, 0) is 30.0 Å². The third-order valence-corrected chi connectivity index (χ3v) is 3.81. The molecule has 3 rings (SSSR count). The molecule has 0 amide bonds. The fraction of sp³-hybridized carbons (Fsp3) is 0.278. The molecule has 1 aromatic rings. The van der Waals surface area contributed by atoms with Gasteiger partial charge in [0.15, 0.2) is 0 Å². The van der Waals surface area contributed by atoms with Crippen LogP contribution in [0.3, 0.4) is 0 Å². The van der Waals surface area contributed by atoms with Gasteiger partial charge in [0, 0.05) is 12.1 Å². The first-order valence-electron chi connectivity index (χ1n) is 7.20. The van der Waals surface area contributed by atoms with Crippen molar-refractivity contribution < 1.29 is 0 Å². The molecular formula is C18H20N2. The fourth-order valence-electron chi connectivity index (χ4n) is 2.62. The minimum atomic E-state index is 0.428. The molecule has 1 aromatic carbocycles. The van der Waals surface area contributed by atoms with Crippen molar-refractivity contribution in [3.8, 4) is 0 Å². The molecule has 0 radical (unpaired) electrons. The standard InChI is InChI=1S/C18H20N2/c1-13-6-8-14(2)17(9-7-13)15-4-3-5-16(12-15)18-19-10-11-20-18/h3-9,12,14H,10-11H2,1-2H3,(H,19,20). The Morgan fingerprint density at radius 3 is 2.85 bits per heavy atom. The fourth-order valence-corrected chi connectivity index (χ4v) is 2.62. The van der Waals surface area contributed by atoms with Crippen LogP contribution in [0.1, 0.15) is 25.0 Å². The summed E-state index contributed by atoms with van der Waals surface area (Å²) in [6, 6.07) is 8.66. The van der Waals surface area contributed by atoms with E-state index in [1.807, 2.05) is 0 Å². The van der Waals surface area contributed by atoms with Crippen molar-refractivity contribution >= 4 is 11.4 Å². The summed E-state index contributed by atoms with van der Waals surface area (Å²) >= 11 is 0. The second kappa shape index (κ2) is 5.49. The van der Waals surface area contributed by atoms with Crippen molar-refractivity contribution in [2.75, 3.05) is 13.1 Å². The predicted molar refractivity (Wildman–Crippen MR) is 85.9 cm³/mol. The minimum Gasteiger partial charge on any atom is -0.368 e. The normalized spacial score (nSPS) is 21.7. The third kappa shape index (κ3) is 2.60. The van der Waals surface area contributed by atoms with Crippen molar-refractivity contribution in [1.82, 2.24) is 5.32 Å². The predicted octanol–water partition coefficient (Wildman–Crippen LogP) is 3.57. The van der Waals surface area contributed by atoms with Gasteiger partial charge in [-0.1, -0.05) is 55.0 Å². The van der Waals surface area contributed by atoms with E-state index in [1.54, 1.807) is 0 Å². The minimum absolute atomic E-state index is 0.428. The van der Waals surface area contributed by atoms with Gasteiger partial charge < -0.3 is 5.32 Å². The average Bonchev–Trinajstić information content (AvgIpc) is 2.94. The summed E-state index contributed by atoms with van der Waals surface area (Å²) in [5, 5.41) is 3.34. The van der Waals surface area contributed by atoms with E-state index in [1.165, 1.54) is 22.3 Å². The van der Waals surface area contributed by atoms with Crippen LogP contribution >= 0.6 is 0 Å². The Labute approximate surface area is 120 Å². The smallest absolute Gasteiger partial charge is 0.128 e. The van der Waals surface area contributed by atoms with E-state index in [9.17, 15) is 0 Å². The molecule has 0 saturated heterocycles. The van der Waals surface area contributed by atoms with Crippen LogP contribution in [0.25, 0.3) is 5.57 Å². The largest absolute Gasteiger partial charge is 0.368 e. The average molecular weight is 264 g/mol. The lowest BCUT2D eigenvalue weighted by Gasteiger charge is -2.13. The molecular weight excluding hydrogens is 244 g/mol. The summed E-state index contributed by atoms with van der Waals surface area (Å²) in [6.45, 7) is 6.20. The molecule has 0 aromatic heterocycles. The van der Waals surface area contributed by atoms with Crippen LogP contribution in [0.5, 0.6) is 0 Å². The molecule has 1 heterocycles. The van der Waals surface area contributed by atoms with Gasteiger partial charge in [-0.2, -0.15) is 0 Å². The summed E-state index contributed by atoms with van der Waals surface area (Å²) in [6.07, 6.45) is 8.89. The highest BCUT2D eigenvalue weighted by atomic mass is 15.1. The molecule has 2 aliphatic rings. The Morgan fingerprint density at radius 2 is 2.05 bits per heavy atom. The number of hydrogen-bond acceptors (Lipinski definition) is 2. The van der Waals surface area contributed by atoms with Gasteiger partial charge in [-0.15, -0.1) is 0 Å². The van der Waals surface area contributed by atoms with Crippen LogP contribution < -0.4 is 5.32 Å². The van der Waals surface area contributed by atoms with Gasteiger partial charge >= 0.3 is 0 Å². The first-order valence-corrected chi connectivity index (χ1v) is 7.20. The number of allylic oxidation sites excluding steroid dienone is 6. The van der Waals surface area contributed by atoms with Gasteiger partial charge in [0.05, 0.1) is 6.54 Å².